The van der Waals surface area contributed by atoms with Gasteiger partial charge in [0, 0.05) is 6.61 Å². The normalized spacial score (nSPS) is 32.4. The molecular formula is C22H40O. The van der Waals surface area contributed by atoms with E-state index < -0.39 is 0 Å². The fourth-order valence-corrected chi connectivity index (χ4v) is 4.87. The predicted molar refractivity (Wildman–Crippen MR) is 101 cm³/mol. The molecule has 2 fully saturated rings. The number of hydrogen-bond acceptors (Lipinski definition) is 1. The van der Waals surface area contributed by atoms with Gasteiger partial charge < -0.3 is 4.74 Å². The molecule has 2 aliphatic rings. The second kappa shape index (κ2) is 11.3. The van der Waals surface area contributed by atoms with Gasteiger partial charge >= 0.3 is 0 Å². The summed E-state index contributed by atoms with van der Waals surface area (Å²) in [6.45, 7) is 6.02. The Labute approximate surface area is 145 Å². The van der Waals surface area contributed by atoms with E-state index in [9.17, 15) is 0 Å². The van der Waals surface area contributed by atoms with E-state index in [1.165, 1.54) is 77.0 Å². The van der Waals surface area contributed by atoms with Crippen molar-refractivity contribution in [2.45, 2.75) is 90.9 Å². The molecule has 2 saturated carbocycles. The van der Waals surface area contributed by atoms with Crippen LogP contribution in [0.3, 0.4) is 0 Å². The van der Waals surface area contributed by atoms with Gasteiger partial charge in [0.2, 0.25) is 0 Å². The summed E-state index contributed by atoms with van der Waals surface area (Å²) < 4.78 is 5.40. The van der Waals surface area contributed by atoms with E-state index in [2.05, 4.69) is 26.0 Å². The van der Waals surface area contributed by atoms with Crippen LogP contribution in [-0.4, -0.2) is 13.2 Å². The van der Waals surface area contributed by atoms with Crippen molar-refractivity contribution in [2.75, 3.05) is 13.2 Å². The largest absolute Gasteiger partial charge is 0.378 e. The molecule has 0 spiro atoms. The molecule has 1 heteroatoms. The zero-order valence-corrected chi connectivity index (χ0v) is 15.8. The van der Waals surface area contributed by atoms with Crippen molar-refractivity contribution in [1.29, 1.82) is 0 Å². The third-order valence-corrected chi connectivity index (χ3v) is 6.42. The number of unbranched alkanes of at least 4 members (excludes halogenated alkanes) is 2. The molecule has 1 nitrogen and oxygen atoms in total. The molecule has 0 unspecified atom stereocenters. The molecule has 134 valence electrons. The van der Waals surface area contributed by atoms with Gasteiger partial charge in [0.05, 0.1) is 6.61 Å². The Morgan fingerprint density at radius 2 is 1.48 bits per heavy atom. The zero-order valence-electron chi connectivity index (χ0n) is 15.8. The highest BCUT2D eigenvalue weighted by molar-refractivity contribution is 4.92. The van der Waals surface area contributed by atoms with Gasteiger partial charge in [-0.1, -0.05) is 57.6 Å². The first-order chi connectivity index (χ1) is 11.3. The molecule has 0 aromatic rings. The molecule has 0 bridgehead atoms. The average Bonchev–Trinajstić information content (AvgIpc) is 2.60. The van der Waals surface area contributed by atoms with Crippen molar-refractivity contribution in [3.05, 3.63) is 12.2 Å². The van der Waals surface area contributed by atoms with Crippen LogP contribution in [0.15, 0.2) is 12.2 Å². The third-order valence-electron chi connectivity index (χ3n) is 6.42. The van der Waals surface area contributed by atoms with Gasteiger partial charge in [-0.05, 0) is 69.1 Å². The maximum absolute atomic E-state index is 5.40. The third kappa shape index (κ3) is 6.99. The van der Waals surface area contributed by atoms with Gasteiger partial charge in [-0.25, -0.2) is 0 Å². The SMILES string of the molecule is CCCCC[C@H]1CC[C@H]([C@H]2CC[C@H](C=CCOCC)CC2)CC1. The van der Waals surface area contributed by atoms with E-state index in [4.69, 9.17) is 4.74 Å². The van der Waals surface area contributed by atoms with Crippen LogP contribution in [0.5, 0.6) is 0 Å². The maximum Gasteiger partial charge on any atom is 0.0647 e. The second-order valence-corrected chi connectivity index (χ2v) is 8.04. The second-order valence-electron chi connectivity index (χ2n) is 8.04. The molecule has 0 atom stereocenters. The Hall–Kier alpha value is -0.300. The van der Waals surface area contributed by atoms with Crippen LogP contribution < -0.4 is 0 Å². The van der Waals surface area contributed by atoms with Gasteiger partial charge in [-0.3, -0.25) is 0 Å². The quantitative estimate of drug-likeness (QED) is 0.336. The van der Waals surface area contributed by atoms with Gasteiger partial charge in [0.25, 0.3) is 0 Å². The van der Waals surface area contributed by atoms with Gasteiger partial charge in [0.1, 0.15) is 0 Å². The van der Waals surface area contributed by atoms with E-state index in [1.807, 2.05) is 0 Å². The highest BCUT2D eigenvalue weighted by Crippen LogP contribution is 2.42. The first kappa shape index (κ1) is 19.0. The summed E-state index contributed by atoms with van der Waals surface area (Å²) in [5.41, 5.74) is 0. The van der Waals surface area contributed by atoms with E-state index in [0.29, 0.717) is 0 Å². The smallest absolute Gasteiger partial charge is 0.0647 e. The number of rotatable bonds is 9. The zero-order chi connectivity index (χ0) is 16.3. The van der Waals surface area contributed by atoms with E-state index >= 15 is 0 Å². The van der Waals surface area contributed by atoms with Crippen LogP contribution in [0.2, 0.25) is 0 Å². The summed E-state index contributed by atoms with van der Waals surface area (Å²) in [6, 6.07) is 0. The summed E-state index contributed by atoms with van der Waals surface area (Å²) in [5.74, 6) is 4.00. The average molecular weight is 321 g/mol. The lowest BCUT2D eigenvalue weighted by atomic mass is 9.68. The summed E-state index contributed by atoms with van der Waals surface area (Å²) in [4.78, 5) is 0. The Bertz CT molecular complexity index is 306. The number of ether oxygens (including phenoxy) is 1. The fraction of sp³-hybridized carbons (Fsp3) is 0.909. The van der Waals surface area contributed by atoms with Crippen LogP contribution in [0, 0.1) is 23.7 Å². The molecule has 0 aromatic carbocycles. The first-order valence-electron chi connectivity index (χ1n) is 10.6. The molecule has 0 radical (unpaired) electrons. The van der Waals surface area contributed by atoms with Crippen LogP contribution in [0.1, 0.15) is 90.9 Å². The van der Waals surface area contributed by atoms with Crippen LogP contribution in [0.25, 0.3) is 0 Å². The minimum atomic E-state index is 0.804. The number of allylic oxidation sites excluding steroid dienone is 1. The van der Waals surface area contributed by atoms with Gasteiger partial charge in [0.15, 0.2) is 0 Å². The molecule has 0 heterocycles. The van der Waals surface area contributed by atoms with E-state index in [1.54, 1.807) is 0 Å². The minimum absolute atomic E-state index is 0.804. The molecule has 23 heavy (non-hydrogen) atoms. The monoisotopic (exact) mass is 320 g/mol. The molecule has 2 aliphatic carbocycles. The Kier molecular flexibility index (Phi) is 9.34. The molecular weight excluding hydrogens is 280 g/mol. The van der Waals surface area contributed by atoms with Gasteiger partial charge in [-0.15, -0.1) is 0 Å². The van der Waals surface area contributed by atoms with Crippen molar-refractivity contribution in [3.8, 4) is 0 Å². The molecule has 2 rings (SSSR count). The maximum atomic E-state index is 5.40. The minimum Gasteiger partial charge on any atom is -0.378 e. The lowest BCUT2D eigenvalue weighted by molar-refractivity contribution is 0.151. The van der Waals surface area contributed by atoms with Crippen LogP contribution in [-0.2, 0) is 4.74 Å². The van der Waals surface area contributed by atoms with Gasteiger partial charge in [-0.2, -0.15) is 0 Å². The van der Waals surface area contributed by atoms with E-state index in [0.717, 1.165) is 36.9 Å². The summed E-state index contributed by atoms with van der Waals surface area (Å²) in [7, 11) is 0. The van der Waals surface area contributed by atoms with Crippen molar-refractivity contribution < 1.29 is 4.74 Å². The highest BCUT2D eigenvalue weighted by atomic mass is 16.5. The standard InChI is InChI=1S/C22H40O/c1-3-5-6-8-19-10-14-21(15-11-19)22-16-12-20(13-17-22)9-7-18-23-4-2/h7,9,19-22H,3-6,8,10-18H2,1-2H3/t19-,20-,21-,22-. The van der Waals surface area contributed by atoms with Crippen molar-refractivity contribution in [2.24, 2.45) is 23.7 Å². The Balaban J connectivity index is 1.60. The Morgan fingerprint density at radius 1 is 0.826 bits per heavy atom. The molecule has 0 aliphatic heterocycles. The summed E-state index contributed by atoms with van der Waals surface area (Å²) in [6.07, 6.45) is 22.4. The highest BCUT2D eigenvalue weighted by Gasteiger charge is 2.30. The number of hydrogen-bond donors (Lipinski definition) is 0. The van der Waals surface area contributed by atoms with Crippen molar-refractivity contribution >= 4 is 0 Å². The molecule has 0 saturated heterocycles. The summed E-state index contributed by atoms with van der Waals surface area (Å²) in [5, 5.41) is 0. The van der Waals surface area contributed by atoms with Crippen molar-refractivity contribution in [1.82, 2.24) is 0 Å². The van der Waals surface area contributed by atoms with Crippen LogP contribution >= 0.6 is 0 Å². The lowest BCUT2D eigenvalue weighted by Crippen LogP contribution is -2.25. The molecule has 0 aromatic heterocycles. The molecule has 0 amide bonds. The molecule has 0 N–H and O–H groups in total. The van der Waals surface area contributed by atoms with Crippen LogP contribution in [0.4, 0.5) is 0 Å². The Morgan fingerprint density at radius 3 is 2.09 bits per heavy atom. The van der Waals surface area contributed by atoms with E-state index in [-0.39, 0.29) is 0 Å². The predicted octanol–water partition coefficient (Wildman–Crippen LogP) is 6.77. The fourth-order valence-electron chi connectivity index (χ4n) is 4.87. The summed E-state index contributed by atoms with van der Waals surface area (Å²) >= 11 is 0. The van der Waals surface area contributed by atoms with Crippen molar-refractivity contribution in [3.63, 3.8) is 0 Å². The topological polar surface area (TPSA) is 9.23 Å². The first-order valence-corrected chi connectivity index (χ1v) is 10.6. The lowest BCUT2D eigenvalue weighted by Gasteiger charge is -2.37.